The predicted octanol–water partition coefficient (Wildman–Crippen LogP) is 4.25. The van der Waals surface area contributed by atoms with E-state index in [1.807, 2.05) is 0 Å². The predicted molar refractivity (Wildman–Crippen MR) is 75.2 cm³/mol. The van der Waals surface area contributed by atoms with E-state index in [1.54, 1.807) is 0 Å². The Morgan fingerprint density at radius 3 is 2.06 bits per heavy atom. The molecular formula is C17H30O. The number of hydrogen-bond donors (Lipinski definition) is 1. The minimum Gasteiger partial charge on any atom is -0.393 e. The third-order valence-corrected chi connectivity index (χ3v) is 6.17. The Bertz CT molecular complexity index is 257. The molecule has 0 saturated heterocycles. The molecule has 0 amide bonds. The first-order chi connectivity index (χ1) is 8.67. The van der Waals surface area contributed by atoms with Gasteiger partial charge in [-0.25, -0.2) is 0 Å². The van der Waals surface area contributed by atoms with Gasteiger partial charge in [-0.15, -0.1) is 0 Å². The molecule has 18 heavy (non-hydrogen) atoms. The Morgan fingerprint density at radius 1 is 1.00 bits per heavy atom. The van der Waals surface area contributed by atoms with E-state index in [-0.39, 0.29) is 6.10 Å². The second-order valence-corrected chi connectivity index (χ2v) is 7.70. The molecular weight excluding hydrogens is 220 g/mol. The lowest BCUT2D eigenvalue weighted by Gasteiger charge is -2.55. The molecule has 0 aromatic rings. The largest absolute Gasteiger partial charge is 0.393 e. The highest BCUT2D eigenvalue weighted by Gasteiger charge is 2.50. The van der Waals surface area contributed by atoms with Crippen molar-refractivity contribution < 1.29 is 5.11 Å². The van der Waals surface area contributed by atoms with Crippen molar-refractivity contribution in [2.75, 3.05) is 0 Å². The molecule has 0 aromatic heterocycles. The Balaban J connectivity index is 1.62. The zero-order chi connectivity index (χ0) is 12.7. The number of aliphatic hydroxyl groups is 1. The summed E-state index contributed by atoms with van der Waals surface area (Å²) >= 11 is 0. The highest BCUT2D eigenvalue weighted by Crippen LogP contribution is 2.57. The van der Waals surface area contributed by atoms with Gasteiger partial charge in [0.25, 0.3) is 0 Å². The maximum absolute atomic E-state index is 10.7. The van der Waals surface area contributed by atoms with Crippen LogP contribution in [-0.4, -0.2) is 11.2 Å². The van der Waals surface area contributed by atoms with Gasteiger partial charge < -0.3 is 5.11 Å². The Hall–Kier alpha value is -0.0400. The van der Waals surface area contributed by atoms with Crippen LogP contribution in [0.15, 0.2) is 0 Å². The molecule has 0 aromatic carbocycles. The molecule has 2 unspecified atom stereocenters. The average molecular weight is 250 g/mol. The molecule has 4 saturated carbocycles. The first kappa shape index (κ1) is 13.0. The maximum Gasteiger partial charge on any atom is 0.0576 e. The van der Waals surface area contributed by atoms with Gasteiger partial charge in [-0.3, -0.25) is 0 Å². The summed E-state index contributed by atoms with van der Waals surface area (Å²) in [6.07, 6.45) is 10.9. The van der Waals surface area contributed by atoms with Gasteiger partial charge in [0.05, 0.1) is 6.10 Å². The van der Waals surface area contributed by atoms with Crippen LogP contribution in [0.2, 0.25) is 0 Å². The molecule has 2 atom stereocenters. The van der Waals surface area contributed by atoms with E-state index in [4.69, 9.17) is 0 Å². The van der Waals surface area contributed by atoms with Crippen LogP contribution in [0.1, 0.15) is 65.2 Å². The first-order valence-corrected chi connectivity index (χ1v) is 8.35. The third-order valence-electron chi connectivity index (χ3n) is 6.17. The van der Waals surface area contributed by atoms with E-state index in [0.29, 0.717) is 11.8 Å². The van der Waals surface area contributed by atoms with E-state index in [1.165, 1.54) is 44.9 Å². The van der Waals surface area contributed by atoms with E-state index in [9.17, 15) is 5.11 Å². The van der Waals surface area contributed by atoms with Crippen LogP contribution in [0.5, 0.6) is 0 Å². The standard InChI is InChI=1S/C17H30O/c1-3-4-11(2)5-16(18)17-14-7-12-6-13(9-14)10-15(17)8-12/h11-18H,3-10H2,1-2H3. The summed E-state index contributed by atoms with van der Waals surface area (Å²) in [6.45, 7) is 4.58. The van der Waals surface area contributed by atoms with E-state index in [2.05, 4.69) is 13.8 Å². The minimum atomic E-state index is 0.00144. The van der Waals surface area contributed by atoms with Crippen molar-refractivity contribution in [3.8, 4) is 0 Å². The van der Waals surface area contributed by atoms with E-state index in [0.717, 1.165) is 30.1 Å². The second kappa shape index (κ2) is 5.15. The van der Waals surface area contributed by atoms with Crippen LogP contribution in [-0.2, 0) is 0 Å². The number of rotatable bonds is 5. The zero-order valence-electron chi connectivity index (χ0n) is 12.1. The zero-order valence-corrected chi connectivity index (χ0v) is 12.1. The molecule has 4 aliphatic carbocycles. The lowest BCUT2D eigenvalue weighted by Crippen LogP contribution is -2.49. The smallest absolute Gasteiger partial charge is 0.0576 e. The molecule has 0 spiro atoms. The fourth-order valence-corrected chi connectivity index (χ4v) is 5.78. The maximum atomic E-state index is 10.7. The quantitative estimate of drug-likeness (QED) is 0.773. The summed E-state index contributed by atoms with van der Waals surface area (Å²) < 4.78 is 0. The normalized spacial score (nSPS) is 45.2. The summed E-state index contributed by atoms with van der Waals surface area (Å²) in [5.41, 5.74) is 0. The van der Waals surface area contributed by atoms with Crippen LogP contribution in [0.25, 0.3) is 0 Å². The fourth-order valence-electron chi connectivity index (χ4n) is 5.78. The minimum absolute atomic E-state index is 0.00144. The van der Waals surface area contributed by atoms with Gasteiger partial charge in [-0.1, -0.05) is 26.7 Å². The molecule has 4 aliphatic rings. The van der Waals surface area contributed by atoms with Crippen LogP contribution in [0.4, 0.5) is 0 Å². The van der Waals surface area contributed by atoms with Crippen molar-refractivity contribution in [1.29, 1.82) is 0 Å². The molecule has 104 valence electrons. The van der Waals surface area contributed by atoms with Gasteiger partial charge in [0.2, 0.25) is 0 Å². The lowest BCUT2D eigenvalue weighted by atomic mass is 9.50. The molecule has 0 radical (unpaired) electrons. The number of hydrogen-bond acceptors (Lipinski definition) is 1. The molecule has 1 nitrogen and oxygen atoms in total. The summed E-state index contributed by atoms with van der Waals surface area (Å²) in [7, 11) is 0. The van der Waals surface area contributed by atoms with Crippen LogP contribution in [0.3, 0.4) is 0 Å². The van der Waals surface area contributed by atoms with Crippen molar-refractivity contribution in [3.05, 3.63) is 0 Å². The lowest BCUT2D eigenvalue weighted by molar-refractivity contribution is -0.0943. The molecule has 1 N–H and O–H groups in total. The summed E-state index contributed by atoms with van der Waals surface area (Å²) in [5, 5.41) is 10.7. The summed E-state index contributed by atoms with van der Waals surface area (Å²) in [5.74, 6) is 5.20. The molecule has 0 aliphatic heterocycles. The van der Waals surface area contributed by atoms with Gasteiger partial charge in [0.15, 0.2) is 0 Å². The van der Waals surface area contributed by atoms with Crippen molar-refractivity contribution in [1.82, 2.24) is 0 Å². The average Bonchev–Trinajstić information content (AvgIpc) is 2.27. The van der Waals surface area contributed by atoms with Crippen LogP contribution in [0, 0.1) is 35.5 Å². The summed E-state index contributed by atoms with van der Waals surface area (Å²) in [4.78, 5) is 0. The molecule has 4 bridgehead atoms. The number of aliphatic hydroxyl groups excluding tert-OH is 1. The van der Waals surface area contributed by atoms with Gasteiger partial charge in [0.1, 0.15) is 0 Å². The SMILES string of the molecule is CCCC(C)CC(O)C1C2CC3CC(C2)CC1C3. The first-order valence-electron chi connectivity index (χ1n) is 8.35. The molecule has 1 heteroatoms. The van der Waals surface area contributed by atoms with Gasteiger partial charge >= 0.3 is 0 Å². The van der Waals surface area contributed by atoms with E-state index >= 15 is 0 Å². The fraction of sp³-hybridized carbons (Fsp3) is 1.00. The van der Waals surface area contributed by atoms with Crippen molar-refractivity contribution >= 4 is 0 Å². The van der Waals surface area contributed by atoms with Gasteiger partial charge in [0, 0.05) is 0 Å². The topological polar surface area (TPSA) is 20.2 Å². The second-order valence-electron chi connectivity index (χ2n) is 7.70. The third kappa shape index (κ3) is 2.35. The van der Waals surface area contributed by atoms with Crippen molar-refractivity contribution in [2.45, 2.75) is 71.3 Å². The monoisotopic (exact) mass is 250 g/mol. The van der Waals surface area contributed by atoms with E-state index < -0.39 is 0 Å². The van der Waals surface area contributed by atoms with Gasteiger partial charge in [-0.2, -0.15) is 0 Å². The van der Waals surface area contributed by atoms with Crippen molar-refractivity contribution in [3.63, 3.8) is 0 Å². The Labute approximate surface area is 112 Å². The Kier molecular flexibility index (Phi) is 3.71. The molecule has 4 fully saturated rings. The molecule has 0 heterocycles. The highest BCUT2D eigenvalue weighted by molar-refractivity contribution is 5.00. The van der Waals surface area contributed by atoms with Crippen LogP contribution < -0.4 is 0 Å². The van der Waals surface area contributed by atoms with Crippen LogP contribution >= 0.6 is 0 Å². The highest BCUT2D eigenvalue weighted by atomic mass is 16.3. The van der Waals surface area contributed by atoms with Crippen molar-refractivity contribution in [2.24, 2.45) is 35.5 Å². The van der Waals surface area contributed by atoms with Gasteiger partial charge in [-0.05, 0) is 74.0 Å². The molecule has 4 rings (SSSR count). The summed E-state index contributed by atoms with van der Waals surface area (Å²) in [6, 6.07) is 0. The Morgan fingerprint density at radius 2 is 1.56 bits per heavy atom.